The molecule has 0 fully saturated rings. The van der Waals surface area contributed by atoms with Gasteiger partial charge in [0.05, 0.1) is 45.6 Å². The number of nitrogens with one attached hydrogen (secondary N) is 1. The van der Waals surface area contributed by atoms with Crippen molar-refractivity contribution in [1.82, 2.24) is 0 Å². The van der Waals surface area contributed by atoms with Crippen LogP contribution in [0, 0.1) is 0 Å². The van der Waals surface area contributed by atoms with E-state index in [4.69, 9.17) is 14.7 Å². The number of hydrogen-bond acceptors (Lipinski definition) is 23. The highest BCUT2D eigenvalue weighted by Gasteiger charge is 2.25. The van der Waals surface area contributed by atoms with E-state index < -0.39 is 78.7 Å². The van der Waals surface area contributed by atoms with Crippen LogP contribution in [0.2, 0.25) is 0 Å². The number of azo groups is 2. The summed E-state index contributed by atoms with van der Waals surface area (Å²) in [5.41, 5.74) is -1.28. The van der Waals surface area contributed by atoms with E-state index in [2.05, 4.69) is 44.5 Å². The summed E-state index contributed by atoms with van der Waals surface area (Å²) >= 11 is 0.415. The van der Waals surface area contributed by atoms with Crippen molar-refractivity contribution in [1.29, 1.82) is 0 Å². The highest BCUT2D eigenvalue weighted by atomic mass is 32.2. The van der Waals surface area contributed by atoms with Gasteiger partial charge in [-0.2, -0.15) is 30.4 Å². The Bertz CT molecular complexity index is 2900. The minimum Gasteiger partial charge on any atom is -0.505 e. The molecule has 316 valence electrons. The third kappa shape index (κ3) is 11.4. The fourth-order valence-corrected chi connectivity index (χ4v) is 8.93. The van der Waals surface area contributed by atoms with Gasteiger partial charge >= 0.3 is 0 Å². The zero-order valence-electron chi connectivity index (χ0n) is 28.8. The predicted octanol–water partition coefficient (Wildman–Crippen LogP) is 6.48. The smallest absolute Gasteiger partial charge is 0.297 e. The molecule has 0 aromatic heterocycles. The van der Waals surface area contributed by atoms with Crippen LogP contribution in [0.3, 0.4) is 0 Å². The van der Waals surface area contributed by atoms with Crippen molar-refractivity contribution in [2.45, 2.75) is 19.6 Å². The molecule has 5 rings (SSSR count). The topological polar surface area (TPSA) is 366 Å². The van der Waals surface area contributed by atoms with Crippen LogP contribution in [0.5, 0.6) is 5.75 Å². The van der Waals surface area contributed by atoms with Gasteiger partial charge in [-0.3, -0.25) is 17.8 Å². The third-order valence-electron chi connectivity index (χ3n) is 7.55. The maximum Gasteiger partial charge on any atom is 0.297 e. The summed E-state index contributed by atoms with van der Waals surface area (Å²) in [4.78, 5) is -1.99. The van der Waals surface area contributed by atoms with Crippen LogP contribution in [-0.4, -0.2) is 81.2 Å². The summed E-state index contributed by atoms with van der Waals surface area (Å²) in [5, 5.41) is 53.2. The number of hydrogen-bond donors (Lipinski definition) is 7. The lowest BCUT2D eigenvalue weighted by Gasteiger charge is -2.14. The molecular formula is C29H25N5O19S6. The summed E-state index contributed by atoms with van der Waals surface area (Å²) in [6.45, 7) is -0.348. The molecule has 30 heteroatoms. The molecule has 0 spiro atoms. The number of fused-ring (bicyclic) bond motifs is 2. The van der Waals surface area contributed by atoms with E-state index in [0.717, 1.165) is 30.3 Å². The van der Waals surface area contributed by atoms with Gasteiger partial charge in [0.25, 0.3) is 30.4 Å². The van der Waals surface area contributed by atoms with Crippen molar-refractivity contribution in [3.05, 3.63) is 72.8 Å². The first-order valence-corrected chi connectivity index (χ1v) is 22.9. The Hall–Kier alpha value is -4.48. The summed E-state index contributed by atoms with van der Waals surface area (Å²) in [6, 6.07) is 13.9. The van der Waals surface area contributed by atoms with Crippen LogP contribution >= 0.6 is 24.4 Å². The molecule has 59 heavy (non-hydrogen) atoms. The first-order chi connectivity index (χ1) is 27.7. The number of nitrogens with zero attached hydrogens (tertiary/aromatic N) is 4. The lowest BCUT2D eigenvalue weighted by atomic mass is 10.1. The largest absolute Gasteiger partial charge is 0.505 e. The van der Waals surface area contributed by atoms with E-state index in [0.29, 0.717) is 0 Å². The molecule has 0 amide bonds. The van der Waals surface area contributed by atoms with Crippen LogP contribution < -0.4 is 5.32 Å². The number of phenolic OH excluding ortho intramolecular Hbond substituents is 1. The minimum absolute atomic E-state index is 0.0377. The van der Waals surface area contributed by atoms with Crippen molar-refractivity contribution in [3.63, 3.8) is 0 Å². The van der Waals surface area contributed by atoms with Crippen molar-refractivity contribution in [3.8, 4) is 5.75 Å². The lowest BCUT2D eigenvalue weighted by molar-refractivity contribution is -0.434. The molecule has 7 N–H and O–H groups in total. The van der Waals surface area contributed by atoms with E-state index in [1.165, 1.54) is 42.5 Å². The molecule has 0 saturated heterocycles. The van der Waals surface area contributed by atoms with Gasteiger partial charge in [0.1, 0.15) is 32.7 Å². The van der Waals surface area contributed by atoms with Crippen LogP contribution in [0.4, 0.5) is 28.4 Å². The second-order valence-corrected chi connectivity index (χ2v) is 18.8. The van der Waals surface area contributed by atoms with Crippen molar-refractivity contribution < 1.29 is 85.9 Å². The van der Waals surface area contributed by atoms with Crippen molar-refractivity contribution in [2.24, 2.45) is 20.5 Å². The predicted molar refractivity (Wildman–Crippen MR) is 205 cm³/mol. The van der Waals surface area contributed by atoms with E-state index in [1.54, 1.807) is 0 Å². The fraction of sp³-hybridized carbons (Fsp3) is 0.103. The van der Waals surface area contributed by atoms with Gasteiger partial charge in [-0.05, 0) is 54.6 Å². The van der Waals surface area contributed by atoms with Crippen LogP contribution in [-0.2, 0) is 63.1 Å². The van der Waals surface area contributed by atoms with Crippen LogP contribution in [0.25, 0.3) is 21.5 Å². The van der Waals surface area contributed by atoms with E-state index in [-0.39, 0.29) is 79.4 Å². The Balaban J connectivity index is 1.62. The summed E-state index contributed by atoms with van der Waals surface area (Å²) in [6.07, 6.45) is 0. The number of aromatic hydroxyl groups is 1. The molecule has 5 aromatic carbocycles. The van der Waals surface area contributed by atoms with Gasteiger partial charge in [0, 0.05) is 21.5 Å². The standard InChI is InChI=1S/C29H25N5O19S6/c35-28-19-9-10-22(30-15-57(40,41)42)26(33-31-16-4-6-17(7-5-16)56(38,39)13-12-49-55-53-51-37)21(19)14-24(54-52-50-36)27(28)34-32-23-11-8-18-20(29(23)59(46,47)48)2-1-3-25(18)58(43,44)45/h1-11,14,30,35-37H,12-13,15H2,(H,40,41,42)(H,43,44,45)(H,46,47,48). The number of sulfone groups is 1. The van der Waals surface area contributed by atoms with E-state index in [9.17, 15) is 52.4 Å². The maximum absolute atomic E-state index is 12.7. The highest BCUT2D eigenvalue weighted by Crippen LogP contribution is 2.48. The summed E-state index contributed by atoms with van der Waals surface area (Å²) < 4.78 is 140. The Morgan fingerprint density at radius 3 is 2.00 bits per heavy atom. The first-order valence-electron chi connectivity index (χ1n) is 15.3. The monoisotopic (exact) mass is 939 g/mol. The maximum atomic E-state index is 12.7. The quantitative estimate of drug-likeness (QED) is 0.0116. The number of anilines is 1. The molecule has 0 aliphatic heterocycles. The lowest BCUT2D eigenvalue weighted by Crippen LogP contribution is -2.13. The molecule has 0 atom stereocenters. The molecule has 0 heterocycles. The molecule has 0 radical (unpaired) electrons. The average molecular weight is 940 g/mol. The highest BCUT2D eigenvalue weighted by molar-refractivity contribution is 7.94. The third-order valence-corrected chi connectivity index (χ3v) is 12.6. The van der Waals surface area contributed by atoms with E-state index >= 15 is 0 Å². The summed E-state index contributed by atoms with van der Waals surface area (Å²) in [7, 11) is -18.5. The van der Waals surface area contributed by atoms with Crippen LogP contribution in [0.15, 0.2) is 113 Å². The van der Waals surface area contributed by atoms with Gasteiger partial charge in [0.15, 0.2) is 27.9 Å². The molecule has 0 bridgehead atoms. The van der Waals surface area contributed by atoms with E-state index in [1.807, 2.05) is 0 Å². The van der Waals surface area contributed by atoms with Crippen molar-refractivity contribution in [2.75, 3.05) is 23.6 Å². The number of benzene rings is 5. The Morgan fingerprint density at radius 1 is 0.678 bits per heavy atom. The van der Waals surface area contributed by atoms with Gasteiger partial charge < -0.3 is 10.4 Å². The second-order valence-electron chi connectivity index (χ2n) is 11.2. The molecule has 0 aliphatic carbocycles. The second kappa shape index (κ2) is 18.8. The van der Waals surface area contributed by atoms with Gasteiger partial charge in [-0.25, -0.2) is 18.9 Å². The number of rotatable bonds is 19. The van der Waals surface area contributed by atoms with Gasteiger partial charge in [-0.15, -0.1) is 24.0 Å². The Labute approximate surface area is 340 Å². The fourth-order valence-electron chi connectivity index (χ4n) is 5.16. The minimum atomic E-state index is -5.18. The normalized spacial score (nSPS) is 13.0. The van der Waals surface area contributed by atoms with Crippen molar-refractivity contribution >= 4 is 115 Å². The summed E-state index contributed by atoms with van der Waals surface area (Å²) in [5.74, 6) is -2.24. The Morgan fingerprint density at radius 2 is 1.36 bits per heavy atom. The molecule has 0 unspecified atom stereocenters. The van der Waals surface area contributed by atoms with Gasteiger partial charge in [-0.1, -0.05) is 28.3 Å². The zero-order valence-corrected chi connectivity index (χ0v) is 33.7. The van der Waals surface area contributed by atoms with Crippen LogP contribution in [0.1, 0.15) is 0 Å². The average Bonchev–Trinajstić information content (AvgIpc) is 3.16. The molecular weight excluding hydrogens is 915 g/mol. The first kappa shape index (κ1) is 45.6. The Kier molecular flexibility index (Phi) is 14.6. The zero-order chi connectivity index (χ0) is 43.2. The molecule has 0 saturated carbocycles. The number of phenols is 1. The molecule has 0 aliphatic rings. The SMILES string of the molecule is O=S(=O)(O)CNc1ccc2c(O)c(N=Nc3ccc4c(S(=O)(=O)O)cccc4c3S(=O)(=O)O)c(SOOO)cc2c1N=Nc1ccc(S(=O)(=O)CCOSOOO)cc1. The van der Waals surface area contributed by atoms with Gasteiger partial charge in [0.2, 0.25) is 0 Å². The molecule has 5 aromatic rings. The molecule has 24 nitrogen and oxygen atoms in total.